The van der Waals surface area contributed by atoms with E-state index in [0.29, 0.717) is 46.2 Å². The van der Waals surface area contributed by atoms with Crippen molar-refractivity contribution in [2.75, 3.05) is 32.7 Å². The molecule has 1 aliphatic heterocycles. The van der Waals surface area contributed by atoms with E-state index < -0.39 is 10.0 Å². The Balaban J connectivity index is 1.49. The van der Waals surface area contributed by atoms with Gasteiger partial charge in [0.1, 0.15) is 0 Å². The van der Waals surface area contributed by atoms with E-state index >= 15 is 0 Å². The van der Waals surface area contributed by atoms with Gasteiger partial charge in [-0.3, -0.25) is 5.43 Å². The van der Waals surface area contributed by atoms with E-state index in [9.17, 15) is 8.42 Å². The fourth-order valence-corrected chi connectivity index (χ4v) is 6.27. The van der Waals surface area contributed by atoms with Crippen molar-refractivity contribution < 1.29 is 17.9 Å². The number of methoxy groups -OCH3 is 2. The highest BCUT2D eigenvalue weighted by atomic mass is 32.2. The SMILES string of the molecule is COc1cccc(C=NNc2nc(-c3cccc(S(=O)(=O)N4CCCC(C)C4)c3)cs2)c1OC. The Labute approximate surface area is 204 Å². The number of piperidine rings is 1. The number of anilines is 1. The van der Waals surface area contributed by atoms with Crippen molar-refractivity contribution in [2.45, 2.75) is 24.7 Å². The van der Waals surface area contributed by atoms with Crippen molar-refractivity contribution in [2.24, 2.45) is 11.0 Å². The normalized spacial score (nSPS) is 17.1. The average Bonchev–Trinajstić information content (AvgIpc) is 3.33. The summed E-state index contributed by atoms with van der Waals surface area (Å²) < 4.78 is 38.6. The summed E-state index contributed by atoms with van der Waals surface area (Å²) in [5.41, 5.74) is 5.12. The fraction of sp³-hybridized carbons (Fsp3) is 0.333. The van der Waals surface area contributed by atoms with Crippen molar-refractivity contribution in [3.8, 4) is 22.8 Å². The molecule has 2 heterocycles. The van der Waals surface area contributed by atoms with Gasteiger partial charge in [-0.05, 0) is 43.0 Å². The number of hydrogen-bond acceptors (Lipinski definition) is 8. The molecule has 0 aliphatic carbocycles. The van der Waals surface area contributed by atoms with Gasteiger partial charge in [0.15, 0.2) is 11.5 Å². The van der Waals surface area contributed by atoms with Crippen LogP contribution in [-0.4, -0.2) is 51.2 Å². The smallest absolute Gasteiger partial charge is 0.243 e. The Morgan fingerprint density at radius 2 is 2.03 bits per heavy atom. The third kappa shape index (κ3) is 5.24. The summed E-state index contributed by atoms with van der Waals surface area (Å²) in [7, 11) is -0.364. The first kappa shape index (κ1) is 24.2. The van der Waals surface area contributed by atoms with Gasteiger partial charge in [-0.15, -0.1) is 11.3 Å². The maximum atomic E-state index is 13.2. The van der Waals surface area contributed by atoms with Crippen LogP contribution in [-0.2, 0) is 10.0 Å². The second kappa shape index (κ2) is 10.5. The molecule has 34 heavy (non-hydrogen) atoms. The van der Waals surface area contributed by atoms with Crippen LogP contribution in [0.25, 0.3) is 11.3 Å². The van der Waals surface area contributed by atoms with Crippen LogP contribution < -0.4 is 14.9 Å². The number of para-hydroxylation sites is 1. The highest BCUT2D eigenvalue weighted by Gasteiger charge is 2.28. The number of benzene rings is 2. The summed E-state index contributed by atoms with van der Waals surface area (Å²) in [6, 6.07) is 12.5. The maximum absolute atomic E-state index is 13.2. The quantitative estimate of drug-likeness (QED) is 0.356. The van der Waals surface area contributed by atoms with Crippen molar-refractivity contribution in [1.82, 2.24) is 9.29 Å². The maximum Gasteiger partial charge on any atom is 0.243 e. The number of rotatable bonds is 8. The molecule has 1 fully saturated rings. The minimum atomic E-state index is -3.53. The van der Waals surface area contributed by atoms with Crippen LogP contribution >= 0.6 is 11.3 Å². The predicted octanol–water partition coefficient (Wildman–Crippen LogP) is 4.69. The molecule has 10 heteroatoms. The summed E-state index contributed by atoms with van der Waals surface area (Å²) in [5.74, 6) is 1.59. The van der Waals surface area contributed by atoms with Crippen molar-refractivity contribution >= 4 is 32.7 Å². The molecule has 1 saturated heterocycles. The lowest BCUT2D eigenvalue weighted by atomic mass is 10.0. The largest absolute Gasteiger partial charge is 0.493 e. The Hall–Kier alpha value is -2.95. The molecule has 1 aliphatic rings. The van der Waals surface area contributed by atoms with E-state index in [1.165, 1.54) is 11.3 Å². The topological polar surface area (TPSA) is 93.1 Å². The van der Waals surface area contributed by atoms with Crippen LogP contribution in [0.5, 0.6) is 11.5 Å². The number of hydrogen-bond donors (Lipinski definition) is 1. The number of nitrogens with zero attached hydrogens (tertiary/aromatic N) is 3. The van der Waals surface area contributed by atoms with Crippen LogP contribution in [0.2, 0.25) is 0 Å². The van der Waals surface area contributed by atoms with E-state index in [-0.39, 0.29) is 0 Å². The van der Waals surface area contributed by atoms with Crippen molar-refractivity contribution in [3.63, 3.8) is 0 Å². The molecule has 8 nitrogen and oxygen atoms in total. The van der Waals surface area contributed by atoms with Crippen LogP contribution in [0.3, 0.4) is 0 Å². The monoisotopic (exact) mass is 500 g/mol. The van der Waals surface area contributed by atoms with Gasteiger partial charge in [-0.1, -0.05) is 25.1 Å². The molecule has 1 N–H and O–H groups in total. The molecular formula is C24H28N4O4S2. The first-order valence-electron chi connectivity index (χ1n) is 11.0. The molecular weight excluding hydrogens is 472 g/mol. The Morgan fingerprint density at radius 3 is 2.79 bits per heavy atom. The van der Waals surface area contributed by atoms with Gasteiger partial charge >= 0.3 is 0 Å². The lowest BCUT2D eigenvalue weighted by Crippen LogP contribution is -2.39. The second-order valence-corrected chi connectivity index (χ2v) is 10.9. The predicted molar refractivity (Wildman–Crippen MR) is 135 cm³/mol. The summed E-state index contributed by atoms with van der Waals surface area (Å²) in [4.78, 5) is 4.86. The first-order valence-corrected chi connectivity index (χ1v) is 13.3. The molecule has 4 rings (SSSR count). The molecule has 1 aromatic heterocycles. The van der Waals surface area contributed by atoms with Crippen LogP contribution in [0.15, 0.2) is 57.8 Å². The second-order valence-electron chi connectivity index (χ2n) is 8.13. The molecule has 0 bridgehead atoms. The van der Waals surface area contributed by atoms with Crippen LogP contribution in [0.1, 0.15) is 25.3 Å². The van der Waals surface area contributed by atoms with E-state index in [4.69, 9.17) is 9.47 Å². The van der Waals surface area contributed by atoms with E-state index in [2.05, 4.69) is 22.4 Å². The van der Waals surface area contributed by atoms with Crippen LogP contribution in [0, 0.1) is 5.92 Å². The summed E-state index contributed by atoms with van der Waals surface area (Å²) in [6.07, 6.45) is 3.59. The zero-order valence-electron chi connectivity index (χ0n) is 19.4. The van der Waals surface area contributed by atoms with E-state index in [0.717, 1.165) is 24.0 Å². The minimum absolute atomic E-state index is 0.296. The molecule has 0 spiro atoms. The van der Waals surface area contributed by atoms with Gasteiger partial charge in [-0.25, -0.2) is 13.4 Å². The van der Waals surface area contributed by atoms with Gasteiger partial charge in [0.05, 0.1) is 31.0 Å². The fourth-order valence-electron chi connectivity index (χ4n) is 3.96. The highest BCUT2D eigenvalue weighted by Crippen LogP contribution is 2.31. The zero-order chi connectivity index (χ0) is 24.1. The third-order valence-electron chi connectivity index (χ3n) is 5.69. The number of thiazole rings is 1. The Morgan fingerprint density at radius 1 is 1.21 bits per heavy atom. The molecule has 3 aromatic rings. The number of aromatic nitrogens is 1. The molecule has 0 saturated carbocycles. The standard InChI is InChI=1S/C24H28N4O4S2/c1-17-7-6-12-28(15-17)34(29,30)20-10-4-8-18(13-20)21-16-33-24(26-21)27-25-14-19-9-5-11-22(31-2)23(19)32-3/h4-5,8-11,13-14,16-17H,6-7,12,15H2,1-3H3,(H,26,27). The Bertz CT molecular complexity index is 1270. The number of ether oxygens (including phenoxy) is 2. The van der Waals surface area contributed by atoms with Crippen LogP contribution in [0.4, 0.5) is 5.13 Å². The van der Waals surface area contributed by atoms with Gasteiger partial charge in [-0.2, -0.15) is 9.41 Å². The van der Waals surface area contributed by atoms with Gasteiger partial charge in [0.25, 0.3) is 0 Å². The molecule has 2 aromatic carbocycles. The summed E-state index contributed by atoms with van der Waals surface area (Å²) in [6.45, 7) is 3.22. The lowest BCUT2D eigenvalue weighted by Gasteiger charge is -2.30. The van der Waals surface area contributed by atoms with E-state index in [1.54, 1.807) is 42.9 Å². The molecule has 0 amide bonds. The van der Waals surface area contributed by atoms with E-state index in [1.807, 2.05) is 29.6 Å². The van der Waals surface area contributed by atoms with Crippen molar-refractivity contribution in [3.05, 3.63) is 53.4 Å². The lowest BCUT2D eigenvalue weighted by molar-refractivity contribution is 0.281. The number of hydrazone groups is 1. The first-order chi connectivity index (χ1) is 16.4. The summed E-state index contributed by atoms with van der Waals surface area (Å²) >= 11 is 1.39. The van der Waals surface area contributed by atoms with Gasteiger partial charge < -0.3 is 9.47 Å². The third-order valence-corrected chi connectivity index (χ3v) is 8.30. The average molecular weight is 501 g/mol. The highest BCUT2D eigenvalue weighted by molar-refractivity contribution is 7.89. The Kier molecular flexibility index (Phi) is 7.50. The number of sulfonamides is 1. The molecule has 1 unspecified atom stereocenters. The molecule has 180 valence electrons. The number of nitrogens with one attached hydrogen (secondary N) is 1. The van der Waals surface area contributed by atoms with Crippen molar-refractivity contribution in [1.29, 1.82) is 0 Å². The molecule has 1 atom stereocenters. The van der Waals surface area contributed by atoms with Gasteiger partial charge in [0.2, 0.25) is 15.2 Å². The summed E-state index contributed by atoms with van der Waals surface area (Å²) in [5, 5.41) is 6.73. The molecule has 0 radical (unpaired) electrons. The van der Waals surface area contributed by atoms with Gasteiger partial charge in [0, 0.05) is 29.6 Å². The zero-order valence-corrected chi connectivity index (χ0v) is 21.0. The minimum Gasteiger partial charge on any atom is -0.493 e.